The topological polar surface area (TPSA) is 42.7 Å². The maximum absolute atomic E-state index is 4.25. The molecule has 0 fully saturated rings. The molecular weight excluding hydrogens is 292 g/mol. The molecule has 4 nitrogen and oxygen atoms in total. The number of rotatable bonds is 5. The van der Waals surface area contributed by atoms with E-state index in [0.29, 0.717) is 6.04 Å². The molecule has 1 atom stereocenters. The van der Waals surface area contributed by atoms with Crippen molar-refractivity contribution in [1.82, 2.24) is 20.1 Å². The van der Waals surface area contributed by atoms with Gasteiger partial charge in [-0.05, 0) is 24.6 Å². The maximum Gasteiger partial charge on any atom is 0.151 e. The highest BCUT2D eigenvalue weighted by Gasteiger charge is 2.05. The zero-order valence-corrected chi connectivity index (χ0v) is 12.2. The molecular formula is C13H17BrN4. The van der Waals surface area contributed by atoms with Gasteiger partial charge in [0.2, 0.25) is 0 Å². The Morgan fingerprint density at radius 2 is 2.06 bits per heavy atom. The van der Waals surface area contributed by atoms with E-state index in [9.17, 15) is 0 Å². The summed E-state index contributed by atoms with van der Waals surface area (Å²) in [5.41, 5.74) is 1.28. The normalized spacial score (nSPS) is 12.6. The first-order valence-electron chi connectivity index (χ1n) is 5.98. The molecule has 0 amide bonds. The highest BCUT2D eigenvalue weighted by Crippen LogP contribution is 2.16. The second-order valence-corrected chi connectivity index (χ2v) is 5.23. The van der Waals surface area contributed by atoms with E-state index < -0.39 is 0 Å². The zero-order valence-electron chi connectivity index (χ0n) is 10.6. The number of hydrogen-bond donors (Lipinski definition) is 1. The van der Waals surface area contributed by atoms with Crippen LogP contribution in [-0.4, -0.2) is 21.3 Å². The first-order chi connectivity index (χ1) is 8.65. The molecule has 1 heterocycles. The molecule has 1 aromatic heterocycles. The van der Waals surface area contributed by atoms with Crippen LogP contribution in [0.25, 0.3) is 0 Å². The van der Waals surface area contributed by atoms with Crippen LogP contribution in [0.1, 0.15) is 24.4 Å². The third-order valence-electron chi connectivity index (χ3n) is 2.82. The van der Waals surface area contributed by atoms with Crippen molar-refractivity contribution >= 4 is 15.9 Å². The van der Waals surface area contributed by atoms with E-state index in [1.165, 1.54) is 5.56 Å². The van der Waals surface area contributed by atoms with Gasteiger partial charge in [0.1, 0.15) is 6.33 Å². The van der Waals surface area contributed by atoms with Crippen LogP contribution in [0.15, 0.2) is 35.1 Å². The molecule has 0 saturated carbocycles. The van der Waals surface area contributed by atoms with Gasteiger partial charge in [-0.1, -0.05) is 28.1 Å². The summed E-state index contributed by atoms with van der Waals surface area (Å²) in [6.45, 7) is 3.04. The summed E-state index contributed by atoms with van der Waals surface area (Å²) < 4.78 is 2.84. The predicted molar refractivity (Wildman–Crippen MR) is 75.3 cm³/mol. The zero-order chi connectivity index (χ0) is 13.0. The lowest BCUT2D eigenvalue weighted by Gasteiger charge is -2.13. The molecule has 0 spiro atoms. The molecule has 0 radical (unpaired) electrons. The van der Waals surface area contributed by atoms with E-state index in [1.807, 2.05) is 7.05 Å². The van der Waals surface area contributed by atoms with E-state index in [-0.39, 0.29) is 0 Å². The van der Waals surface area contributed by atoms with Crippen molar-refractivity contribution < 1.29 is 0 Å². The fourth-order valence-electron chi connectivity index (χ4n) is 1.77. The molecule has 1 unspecified atom stereocenters. The van der Waals surface area contributed by atoms with Gasteiger partial charge < -0.3 is 5.32 Å². The lowest BCUT2D eigenvalue weighted by molar-refractivity contribution is 0.568. The third kappa shape index (κ3) is 3.65. The van der Waals surface area contributed by atoms with Gasteiger partial charge in [-0.2, -0.15) is 5.10 Å². The molecule has 0 bridgehead atoms. The number of aromatic nitrogens is 3. The Morgan fingerprint density at radius 3 is 2.67 bits per heavy atom. The second kappa shape index (κ2) is 6.11. The summed E-state index contributed by atoms with van der Waals surface area (Å²) in [5, 5.41) is 7.72. The minimum atomic E-state index is 0.335. The second-order valence-electron chi connectivity index (χ2n) is 4.31. The lowest BCUT2D eigenvalue weighted by atomic mass is 10.1. The molecule has 5 heteroatoms. The van der Waals surface area contributed by atoms with Crippen molar-refractivity contribution in [2.24, 2.45) is 7.05 Å². The summed E-state index contributed by atoms with van der Waals surface area (Å²) in [6, 6.07) is 8.71. The molecule has 0 saturated heterocycles. The van der Waals surface area contributed by atoms with Gasteiger partial charge in [-0.25, -0.2) is 4.98 Å². The monoisotopic (exact) mass is 308 g/mol. The van der Waals surface area contributed by atoms with Crippen LogP contribution in [0, 0.1) is 0 Å². The summed E-state index contributed by atoms with van der Waals surface area (Å²) in [4.78, 5) is 4.20. The molecule has 2 rings (SSSR count). The number of nitrogens with zero attached hydrogens (tertiary/aromatic N) is 3. The average Bonchev–Trinajstić information content (AvgIpc) is 2.76. The molecule has 1 N–H and O–H groups in total. The Kier molecular flexibility index (Phi) is 4.49. The molecule has 0 aliphatic heterocycles. The van der Waals surface area contributed by atoms with Gasteiger partial charge in [0.15, 0.2) is 5.82 Å². The lowest BCUT2D eigenvalue weighted by Crippen LogP contribution is -2.21. The number of nitrogens with one attached hydrogen (secondary N) is 1. The number of halogens is 1. The smallest absolute Gasteiger partial charge is 0.151 e. The van der Waals surface area contributed by atoms with Crippen LogP contribution in [0.3, 0.4) is 0 Å². The molecule has 2 aromatic rings. The third-order valence-corrected chi connectivity index (χ3v) is 3.34. The van der Waals surface area contributed by atoms with Gasteiger partial charge in [0.05, 0.1) is 0 Å². The SMILES string of the molecule is CC(NCCc1ncn(C)n1)c1ccc(Br)cc1. The first kappa shape index (κ1) is 13.2. The van der Waals surface area contributed by atoms with E-state index in [2.05, 4.69) is 62.5 Å². The van der Waals surface area contributed by atoms with E-state index in [0.717, 1.165) is 23.3 Å². The minimum Gasteiger partial charge on any atom is -0.310 e. The largest absolute Gasteiger partial charge is 0.310 e. The summed E-state index contributed by atoms with van der Waals surface area (Å²) >= 11 is 3.44. The van der Waals surface area contributed by atoms with Gasteiger partial charge in [0, 0.05) is 30.5 Å². The summed E-state index contributed by atoms with van der Waals surface area (Å²) in [5.74, 6) is 0.882. The van der Waals surface area contributed by atoms with Crippen LogP contribution < -0.4 is 5.32 Å². The standard InChI is InChI=1S/C13H17BrN4/c1-10(11-3-5-12(14)6-4-11)15-8-7-13-16-9-18(2)17-13/h3-6,9-10,15H,7-8H2,1-2H3. The Balaban J connectivity index is 1.81. The summed E-state index contributed by atoms with van der Waals surface area (Å²) in [6.07, 6.45) is 2.58. The Hall–Kier alpha value is -1.20. The van der Waals surface area contributed by atoms with Gasteiger partial charge in [-0.3, -0.25) is 4.68 Å². The van der Waals surface area contributed by atoms with Gasteiger partial charge in [-0.15, -0.1) is 0 Å². The van der Waals surface area contributed by atoms with Crippen molar-refractivity contribution in [2.45, 2.75) is 19.4 Å². The molecule has 96 valence electrons. The summed E-state index contributed by atoms with van der Waals surface area (Å²) in [7, 11) is 1.88. The highest BCUT2D eigenvalue weighted by molar-refractivity contribution is 9.10. The molecule has 0 aliphatic rings. The van der Waals surface area contributed by atoms with Crippen LogP contribution in [0.2, 0.25) is 0 Å². The molecule has 18 heavy (non-hydrogen) atoms. The highest BCUT2D eigenvalue weighted by atomic mass is 79.9. The van der Waals surface area contributed by atoms with Gasteiger partial charge in [0.25, 0.3) is 0 Å². The fourth-order valence-corrected chi connectivity index (χ4v) is 2.03. The quantitative estimate of drug-likeness (QED) is 0.922. The van der Waals surface area contributed by atoms with Gasteiger partial charge >= 0.3 is 0 Å². The van der Waals surface area contributed by atoms with Crippen molar-refractivity contribution in [3.8, 4) is 0 Å². The van der Waals surface area contributed by atoms with E-state index in [4.69, 9.17) is 0 Å². The van der Waals surface area contributed by atoms with Crippen LogP contribution in [0.4, 0.5) is 0 Å². The van der Waals surface area contributed by atoms with Crippen LogP contribution in [0.5, 0.6) is 0 Å². The predicted octanol–water partition coefficient (Wildman–Crippen LogP) is 2.47. The first-order valence-corrected chi connectivity index (χ1v) is 6.78. The van der Waals surface area contributed by atoms with E-state index >= 15 is 0 Å². The maximum atomic E-state index is 4.25. The van der Waals surface area contributed by atoms with Crippen LogP contribution in [-0.2, 0) is 13.5 Å². The van der Waals surface area contributed by atoms with Crippen molar-refractivity contribution in [3.63, 3.8) is 0 Å². The Bertz CT molecular complexity index is 492. The molecule has 0 aliphatic carbocycles. The number of benzene rings is 1. The Morgan fingerprint density at radius 1 is 1.33 bits per heavy atom. The van der Waals surface area contributed by atoms with Crippen molar-refractivity contribution in [2.75, 3.05) is 6.54 Å². The number of aryl methyl sites for hydroxylation is 1. The number of hydrogen-bond acceptors (Lipinski definition) is 3. The van der Waals surface area contributed by atoms with Crippen molar-refractivity contribution in [1.29, 1.82) is 0 Å². The molecule has 1 aromatic carbocycles. The van der Waals surface area contributed by atoms with Crippen molar-refractivity contribution in [3.05, 3.63) is 46.5 Å². The fraction of sp³-hybridized carbons (Fsp3) is 0.385. The van der Waals surface area contributed by atoms with E-state index in [1.54, 1.807) is 11.0 Å². The average molecular weight is 309 g/mol. The Labute approximate surface area is 116 Å². The minimum absolute atomic E-state index is 0.335. The van der Waals surface area contributed by atoms with Crippen LogP contribution >= 0.6 is 15.9 Å².